The Balaban J connectivity index is 0.00000256. The first kappa shape index (κ1) is 17.0. The van der Waals surface area contributed by atoms with Crippen molar-refractivity contribution in [2.75, 3.05) is 32.8 Å². The van der Waals surface area contributed by atoms with Gasteiger partial charge in [-0.1, -0.05) is 13.8 Å². The van der Waals surface area contributed by atoms with Crippen LogP contribution in [0.5, 0.6) is 0 Å². The molecule has 1 aliphatic rings. The maximum atomic E-state index is 11.8. The molecular weight excluding hydrogens is 250 g/mol. The van der Waals surface area contributed by atoms with Crippen LogP contribution in [-0.2, 0) is 4.74 Å². The van der Waals surface area contributed by atoms with Gasteiger partial charge in [-0.25, -0.2) is 8.78 Å². The van der Waals surface area contributed by atoms with Gasteiger partial charge in [0.15, 0.2) is 0 Å². The fraction of sp³-hybridized carbons (Fsp3) is 1.00. The molecule has 0 aromatic rings. The van der Waals surface area contributed by atoms with Crippen molar-refractivity contribution in [3.05, 3.63) is 0 Å². The van der Waals surface area contributed by atoms with Gasteiger partial charge in [0, 0.05) is 19.1 Å². The molecule has 0 bridgehead atoms. The summed E-state index contributed by atoms with van der Waals surface area (Å²) < 4.78 is 28.5. The molecule has 1 unspecified atom stereocenters. The summed E-state index contributed by atoms with van der Waals surface area (Å²) in [6, 6.07) is 0.228. The van der Waals surface area contributed by atoms with Gasteiger partial charge in [0.05, 0.1) is 6.61 Å². The number of piperidine rings is 1. The fourth-order valence-electron chi connectivity index (χ4n) is 2.04. The predicted molar refractivity (Wildman–Crippen MR) is 66.9 cm³/mol. The lowest BCUT2D eigenvalue weighted by Gasteiger charge is -2.42. The number of rotatable bonds is 5. The van der Waals surface area contributed by atoms with E-state index < -0.39 is 13.0 Å². The van der Waals surface area contributed by atoms with Crippen LogP contribution in [0.15, 0.2) is 0 Å². The van der Waals surface area contributed by atoms with Crippen molar-refractivity contribution in [2.24, 2.45) is 11.1 Å². The molecule has 1 atom stereocenters. The highest BCUT2D eigenvalue weighted by Gasteiger charge is 2.32. The van der Waals surface area contributed by atoms with Gasteiger partial charge in [-0.05, 0) is 18.4 Å². The minimum atomic E-state index is -2.37. The van der Waals surface area contributed by atoms with Crippen LogP contribution in [0.3, 0.4) is 0 Å². The van der Waals surface area contributed by atoms with E-state index >= 15 is 0 Å². The molecule has 0 saturated carbocycles. The van der Waals surface area contributed by atoms with E-state index in [1.165, 1.54) is 0 Å². The van der Waals surface area contributed by atoms with Crippen LogP contribution in [0.4, 0.5) is 8.78 Å². The van der Waals surface area contributed by atoms with Crippen LogP contribution >= 0.6 is 12.4 Å². The summed E-state index contributed by atoms with van der Waals surface area (Å²) >= 11 is 0. The van der Waals surface area contributed by atoms with Gasteiger partial charge in [-0.2, -0.15) is 0 Å². The highest BCUT2D eigenvalue weighted by molar-refractivity contribution is 5.85. The predicted octanol–water partition coefficient (Wildman–Crippen LogP) is 1.75. The molecule has 0 aromatic heterocycles. The number of alkyl halides is 2. The van der Waals surface area contributed by atoms with E-state index in [4.69, 9.17) is 10.5 Å². The Morgan fingerprint density at radius 2 is 2.12 bits per heavy atom. The van der Waals surface area contributed by atoms with Crippen molar-refractivity contribution in [1.29, 1.82) is 0 Å². The number of nitrogens with zero attached hydrogens (tertiary/aromatic N) is 1. The molecule has 1 rings (SSSR count). The molecule has 0 radical (unpaired) electrons. The lowest BCUT2D eigenvalue weighted by Crippen LogP contribution is -2.52. The summed E-state index contributed by atoms with van der Waals surface area (Å²) in [6.07, 6.45) is -1.41. The summed E-state index contributed by atoms with van der Waals surface area (Å²) in [5.41, 5.74) is 6.11. The summed E-state index contributed by atoms with van der Waals surface area (Å²) in [7, 11) is 0. The first-order valence-corrected chi connectivity index (χ1v) is 5.75. The Kier molecular flexibility index (Phi) is 7.47. The summed E-state index contributed by atoms with van der Waals surface area (Å²) in [5.74, 6) is 0. The van der Waals surface area contributed by atoms with E-state index in [-0.39, 0.29) is 23.9 Å². The van der Waals surface area contributed by atoms with Gasteiger partial charge >= 0.3 is 0 Å². The minimum Gasteiger partial charge on any atom is -0.374 e. The number of hydrogen-bond donors (Lipinski definition) is 1. The molecule has 2 N–H and O–H groups in total. The van der Waals surface area contributed by atoms with Crippen LogP contribution in [0, 0.1) is 5.41 Å². The Morgan fingerprint density at radius 3 is 2.65 bits per heavy atom. The van der Waals surface area contributed by atoms with Gasteiger partial charge in [0.1, 0.15) is 6.61 Å². The number of hydrogen-bond acceptors (Lipinski definition) is 3. The molecule has 0 aromatic carbocycles. The molecule has 1 aliphatic heterocycles. The fourth-order valence-corrected chi connectivity index (χ4v) is 2.04. The maximum absolute atomic E-state index is 11.8. The van der Waals surface area contributed by atoms with Crippen molar-refractivity contribution >= 4 is 12.4 Å². The number of halogens is 3. The molecule has 0 amide bonds. The van der Waals surface area contributed by atoms with Crippen molar-refractivity contribution < 1.29 is 13.5 Å². The molecule has 3 nitrogen and oxygen atoms in total. The zero-order valence-electron chi connectivity index (χ0n) is 10.5. The smallest absolute Gasteiger partial charge is 0.261 e. The van der Waals surface area contributed by atoms with E-state index in [0.29, 0.717) is 13.2 Å². The molecule has 1 heterocycles. The molecule has 1 saturated heterocycles. The Hall–Kier alpha value is 0.0300. The average Bonchev–Trinajstić information content (AvgIpc) is 2.17. The minimum absolute atomic E-state index is 0. The molecule has 0 spiro atoms. The van der Waals surface area contributed by atoms with Crippen molar-refractivity contribution in [1.82, 2.24) is 4.90 Å². The highest BCUT2D eigenvalue weighted by atomic mass is 35.5. The van der Waals surface area contributed by atoms with Crippen molar-refractivity contribution in [3.8, 4) is 0 Å². The SMILES string of the molecule is CC1(C)CN(CCOCC(F)F)CCC1N.Cl. The van der Waals surface area contributed by atoms with Crippen LogP contribution in [0.1, 0.15) is 20.3 Å². The normalized spacial score (nSPS) is 24.7. The van der Waals surface area contributed by atoms with E-state index in [1.54, 1.807) is 0 Å². The second-order valence-electron chi connectivity index (χ2n) is 5.13. The standard InChI is InChI=1S/C11H22F2N2O.ClH/c1-11(2)8-15(4-3-9(11)14)5-6-16-7-10(12)13;/h9-10H,3-8,14H2,1-2H3;1H. The van der Waals surface area contributed by atoms with Gasteiger partial charge in [0.25, 0.3) is 6.43 Å². The Labute approximate surface area is 108 Å². The zero-order chi connectivity index (χ0) is 12.2. The summed E-state index contributed by atoms with van der Waals surface area (Å²) in [6.45, 7) is 6.75. The monoisotopic (exact) mass is 272 g/mol. The Morgan fingerprint density at radius 1 is 1.47 bits per heavy atom. The van der Waals surface area contributed by atoms with Gasteiger partial charge in [-0.15, -0.1) is 12.4 Å². The second kappa shape index (κ2) is 7.46. The molecule has 104 valence electrons. The van der Waals surface area contributed by atoms with Gasteiger partial charge < -0.3 is 15.4 Å². The third-order valence-corrected chi connectivity index (χ3v) is 3.19. The third-order valence-electron chi connectivity index (χ3n) is 3.19. The molecule has 0 aliphatic carbocycles. The van der Waals surface area contributed by atoms with Gasteiger partial charge in [-0.3, -0.25) is 0 Å². The maximum Gasteiger partial charge on any atom is 0.261 e. The van der Waals surface area contributed by atoms with E-state index in [1.807, 2.05) is 0 Å². The number of nitrogens with two attached hydrogens (primary N) is 1. The van der Waals surface area contributed by atoms with Crippen LogP contribution in [-0.4, -0.2) is 50.2 Å². The van der Waals surface area contributed by atoms with E-state index in [2.05, 4.69) is 18.7 Å². The summed E-state index contributed by atoms with van der Waals surface area (Å²) in [4.78, 5) is 2.23. The Bertz CT molecular complexity index is 218. The topological polar surface area (TPSA) is 38.5 Å². The lowest BCUT2D eigenvalue weighted by atomic mass is 9.80. The van der Waals surface area contributed by atoms with E-state index in [9.17, 15) is 8.78 Å². The largest absolute Gasteiger partial charge is 0.374 e. The van der Waals surface area contributed by atoms with E-state index in [0.717, 1.165) is 19.5 Å². The molecule has 6 heteroatoms. The summed E-state index contributed by atoms with van der Waals surface area (Å²) in [5, 5.41) is 0. The number of likely N-dealkylation sites (tertiary alicyclic amines) is 1. The van der Waals surface area contributed by atoms with Crippen LogP contribution in [0.25, 0.3) is 0 Å². The molecular formula is C11H23ClF2N2O. The quantitative estimate of drug-likeness (QED) is 0.775. The molecule has 17 heavy (non-hydrogen) atoms. The average molecular weight is 273 g/mol. The van der Waals surface area contributed by atoms with Crippen LogP contribution in [0.2, 0.25) is 0 Å². The molecule has 1 fully saturated rings. The first-order valence-electron chi connectivity index (χ1n) is 5.75. The zero-order valence-corrected chi connectivity index (χ0v) is 11.3. The number of ether oxygens (including phenoxy) is 1. The second-order valence-corrected chi connectivity index (χ2v) is 5.13. The van der Waals surface area contributed by atoms with Crippen molar-refractivity contribution in [3.63, 3.8) is 0 Å². The third kappa shape index (κ3) is 5.95. The van der Waals surface area contributed by atoms with Gasteiger partial charge in [0.2, 0.25) is 0 Å². The van der Waals surface area contributed by atoms with Crippen molar-refractivity contribution in [2.45, 2.75) is 32.7 Å². The lowest BCUT2D eigenvalue weighted by molar-refractivity contribution is 0.000392. The highest BCUT2D eigenvalue weighted by Crippen LogP contribution is 2.27. The first-order chi connectivity index (χ1) is 7.42. The van der Waals surface area contributed by atoms with Crippen LogP contribution < -0.4 is 5.73 Å².